The average Bonchev–Trinajstić information content (AvgIpc) is 2.84. The summed E-state index contributed by atoms with van der Waals surface area (Å²) in [5.41, 5.74) is 1.15. The standard InChI is InChI=1S/C13H14I2N2OS2/c14-10-3-1-4-11(12(10)15)18-5-2-6-20-8-9-7-16-13(19)17-9/h1,3-4,7H,2,5-6,8H2,(H2,16,17,19). The van der Waals surface area contributed by atoms with Gasteiger partial charge in [0.2, 0.25) is 0 Å². The lowest BCUT2D eigenvalue weighted by atomic mass is 10.3. The summed E-state index contributed by atoms with van der Waals surface area (Å²) in [7, 11) is 0. The third kappa shape index (κ3) is 5.23. The summed E-state index contributed by atoms with van der Waals surface area (Å²) in [6.45, 7) is 0.756. The average molecular weight is 532 g/mol. The second kappa shape index (κ2) is 8.64. The van der Waals surface area contributed by atoms with Crippen molar-refractivity contribution < 1.29 is 4.74 Å². The summed E-state index contributed by atoms with van der Waals surface area (Å²) in [4.78, 5) is 6.09. The lowest BCUT2D eigenvalue weighted by Gasteiger charge is -2.08. The molecule has 0 fully saturated rings. The quantitative estimate of drug-likeness (QED) is 0.300. The van der Waals surface area contributed by atoms with Crippen LogP contribution in [0.4, 0.5) is 0 Å². The number of benzene rings is 1. The number of halogens is 2. The fourth-order valence-corrected chi connectivity index (χ4v) is 3.59. The Balaban J connectivity index is 1.64. The van der Waals surface area contributed by atoms with E-state index in [4.69, 9.17) is 17.0 Å². The van der Waals surface area contributed by atoms with Gasteiger partial charge in [-0.2, -0.15) is 11.8 Å². The molecule has 1 heterocycles. The zero-order valence-corrected chi connectivity index (χ0v) is 16.6. The van der Waals surface area contributed by atoms with E-state index in [2.05, 4.69) is 61.2 Å². The smallest absolute Gasteiger partial charge is 0.174 e. The van der Waals surface area contributed by atoms with Gasteiger partial charge in [0.05, 0.1) is 10.2 Å². The van der Waals surface area contributed by atoms with Gasteiger partial charge in [-0.1, -0.05) is 6.07 Å². The van der Waals surface area contributed by atoms with Gasteiger partial charge < -0.3 is 14.7 Å². The van der Waals surface area contributed by atoms with Gasteiger partial charge in [0.1, 0.15) is 5.75 Å². The first-order chi connectivity index (χ1) is 9.66. The number of hydrogen-bond acceptors (Lipinski definition) is 3. The summed E-state index contributed by atoms with van der Waals surface area (Å²) < 4.78 is 8.94. The molecule has 0 unspecified atom stereocenters. The minimum atomic E-state index is 0.692. The number of imidazole rings is 1. The Labute approximate surface area is 154 Å². The maximum absolute atomic E-state index is 5.82. The van der Waals surface area contributed by atoms with Crippen LogP contribution in [0, 0.1) is 11.9 Å². The van der Waals surface area contributed by atoms with Crippen LogP contribution < -0.4 is 4.74 Å². The Hall–Kier alpha value is 0.260. The maximum Gasteiger partial charge on any atom is 0.174 e. The summed E-state index contributed by atoms with van der Waals surface area (Å²) >= 11 is 11.5. The maximum atomic E-state index is 5.82. The van der Waals surface area contributed by atoms with Crippen LogP contribution >= 0.6 is 69.2 Å². The van der Waals surface area contributed by atoms with Gasteiger partial charge in [-0.15, -0.1) is 0 Å². The van der Waals surface area contributed by atoms with Crippen molar-refractivity contribution in [2.24, 2.45) is 0 Å². The second-order valence-electron chi connectivity index (χ2n) is 4.07. The van der Waals surface area contributed by atoms with E-state index in [1.807, 2.05) is 30.1 Å². The molecule has 108 valence electrons. The van der Waals surface area contributed by atoms with E-state index in [1.165, 1.54) is 7.14 Å². The predicted octanol–water partition coefficient (Wildman–Crippen LogP) is 4.98. The summed E-state index contributed by atoms with van der Waals surface area (Å²) in [6, 6.07) is 6.14. The van der Waals surface area contributed by atoms with Gasteiger partial charge >= 0.3 is 0 Å². The molecule has 0 atom stereocenters. The van der Waals surface area contributed by atoms with Gasteiger partial charge in [-0.05, 0) is 81.7 Å². The minimum absolute atomic E-state index is 0.692. The van der Waals surface area contributed by atoms with E-state index in [9.17, 15) is 0 Å². The molecule has 0 aliphatic heterocycles. The van der Waals surface area contributed by atoms with Crippen molar-refractivity contribution in [3.63, 3.8) is 0 Å². The molecule has 3 nitrogen and oxygen atoms in total. The molecule has 0 saturated carbocycles. The van der Waals surface area contributed by atoms with Crippen molar-refractivity contribution in [3.8, 4) is 5.75 Å². The largest absolute Gasteiger partial charge is 0.492 e. The van der Waals surface area contributed by atoms with E-state index >= 15 is 0 Å². The second-order valence-corrected chi connectivity index (χ2v) is 7.83. The zero-order chi connectivity index (χ0) is 14.4. The molecule has 1 aromatic heterocycles. The number of rotatable bonds is 7. The van der Waals surface area contributed by atoms with Crippen LogP contribution in [-0.4, -0.2) is 22.3 Å². The van der Waals surface area contributed by atoms with E-state index in [-0.39, 0.29) is 0 Å². The summed E-state index contributed by atoms with van der Waals surface area (Å²) in [5.74, 6) is 3.01. The Morgan fingerprint density at radius 2 is 2.15 bits per heavy atom. The first-order valence-corrected chi connectivity index (χ1v) is 9.80. The highest BCUT2D eigenvalue weighted by atomic mass is 127. The minimum Gasteiger partial charge on any atom is -0.492 e. The van der Waals surface area contributed by atoms with Gasteiger partial charge in [0, 0.05) is 21.2 Å². The number of aromatic nitrogens is 2. The predicted molar refractivity (Wildman–Crippen MR) is 104 cm³/mol. The van der Waals surface area contributed by atoms with Crippen molar-refractivity contribution in [3.05, 3.63) is 42.0 Å². The van der Waals surface area contributed by atoms with Crippen LogP contribution in [-0.2, 0) is 5.75 Å². The third-order valence-corrected chi connectivity index (χ3v) is 6.87. The van der Waals surface area contributed by atoms with Crippen molar-refractivity contribution in [1.29, 1.82) is 0 Å². The molecule has 0 bridgehead atoms. The highest BCUT2D eigenvalue weighted by Gasteiger charge is 2.03. The van der Waals surface area contributed by atoms with Gasteiger partial charge in [0.15, 0.2) is 4.77 Å². The fraction of sp³-hybridized carbons (Fsp3) is 0.308. The highest BCUT2D eigenvalue weighted by Crippen LogP contribution is 2.25. The first-order valence-electron chi connectivity index (χ1n) is 6.08. The van der Waals surface area contributed by atoms with E-state index < -0.39 is 0 Å². The molecule has 0 aliphatic rings. The Kier molecular flexibility index (Phi) is 7.18. The molecule has 0 amide bonds. The monoisotopic (exact) mass is 532 g/mol. The van der Waals surface area contributed by atoms with Crippen molar-refractivity contribution in [2.75, 3.05) is 12.4 Å². The van der Waals surface area contributed by atoms with E-state index in [0.29, 0.717) is 4.77 Å². The molecule has 1 aromatic carbocycles. The van der Waals surface area contributed by atoms with Gasteiger partial charge in [-0.25, -0.2) is 0 Å². The van der Waals surface area contributed by atoms with Crippen molar-refractivity contribution in [1.82, 2.24) is 9.97 Å². The Morgan fingerprint density at radius 1 is 1.30 bits per heavy atom. The number of ether oxygens (including phenoxy) is 1. The van der Waals surface area contributed by atoms with Gasteiger partial charge in [0.25, 0.3) is 0 Å². The van der Waals surface area contributed by atoms with E-state index in [0.717, 1.165) is 36.0 Å². The third-order valence-electron chi connectivity index (χ3n) is 2.52. The number of hydrogen-bond donors (Lipinski definition) is 2. The number of nitrogens with one attached hydrogen (secondary N) is 2. The SMILES string of the molecule is S=c1[nH]cc(CSCCCOc2cccc(I)c2I)[nH]1. The van der Waals surface area contributed by atoms with Crippen LogP contribution in [0.1, 0.15) is 12.1 Å². The topological polar surface area (TPSA) is 40.8 Å². The Bertz CT molecular complexity index is 612. The van der Waals surface area contributed by atoms with E-state index in [1.54, 1.807) is 0 Å². The number of aromatic amines is 2. The van der Waals surface area contributed by atoms with Gasteiger partial charge in [-0.3, -0.25) is 0 Å². The van der Waals surface area contributed by atoms with Crippen molar-refractivity contribution in [2.45, 2.75) is 12.2 Å². The molecular formula is C13H14I2N2OS2. The fourth-order valence-electron chi connectivity index (χ4n) is 1.57. The molecule has 0 aliphatic carbocycles. The number of H-pyrrole nitrogens is 2. The number of thioether (sulfide) groups is 1. The summed E-state index contributed by atoms with van der Waals surface area (Å²) in [5, 5.41) is 0. The molecule has 20 heavy (non-hydrogen) atoms. The van der Waals surface area contributed by atoms with Crippen LogP contribution in [0.15, 0.2) is 24.4 Å². The summed E-state index contributed by atoms with van der Waals surface area (Å²) in [6.07, 6.45) is 2.97. The van der Waals surface area contributed by atoms with Crippen LogP contribution in [0.5, 0.6) is 5.75 Å². The Morgan fingerprint density at radius 3 is 2.90 bits per heavy atom. The zero-order valence-electron chi connectivity index (χ0n) is 10.6. The lowest BCUT2D eigenvalue weighted by molar-refractivity contribution is 0.316. The van der Waals surface area contributed by atoms with Crippen molar-refractivity contribution >= 4 is 69.2 Å². The molecule has 2 aromatic rings. The molecule has 7 heteroatoms. The van der Waals surface area contributed by atoms with Crippen LogP contribution in [0.3, 0.4) is 0 Å². The molecule has 2 N–H and O–H groups in total. The highest BCUT2D eigenvalue weighted by molar-refractivity contribution is 14.1. The molecule has 2 rings (SSSR count). The normalized spacial score (nSPS) is 10.7. The van der Waals surface area contributed by atoms with Crippen LogP contribution in [0.25, 0.3) is 0 Å². The molecular weight excluding hydrogens is 518 g/mol. The lowest BCUT2D eigenvalue weighted by Crippen LogP contribution is -2.01. The van der Waals surface area contributed by atoms with Crippen LogP contribution in [0.2, 0.25) is 0 Å². The molecule has 0 spiro atoms. The molecule has 0 radical (unpaired) electrons. The molecule has 0 saturated heterocycles. The first kappa shape index (κ1) is 16.6.